The van der Waals surface area contributed by atoms with Gasteiger partial charge in [0.2, 0.25) is 0 Å². The smallest absolute Gasteiger partial charge is 0.0728 e. The Labute approximate surface area is 295 Å². The van der Waals surface area contributed by atoms with Crippen LogP contribution in [-0.2, 0) is 0 Å². The molecule has 2 saturated heterocycles. The summed E-state index contributed by atoms with van der Waals surface area (Å²) >= 11 is 0. The van der Waals surface area contributed by atoms with Crippen molar-refractivity contribution < 1.29 is 0 Å². The van der Waals surface area contributed by atoms with E-state index >= 15 is 0 Å². The topological polar surface area (TPSA) is 24.1 Å². The van der Waals surface area contributed by atoms with E-state index in [1.807, 2.05) is 10.8 Å². The maximum atomic E-state index is 3.89. The summed E-state index contributed by atoms with van der Waals surface area (Å²) in [6.07, 6.45) is 26.8. The first kappa shape index (κ1) is 33.5. The van der Waals surface area contributed by atoms with E-state index < -0.39 is 16.1 Å². The van der Waals surface area contributed by atoms with Crippen LogP contribution in [0.1, 0.15) is 89.9 Å². The molecule has 4 unspecified atom stereocenters. The molecule has 2 aliphatic heterocycles. The Kier molecular flexibility index (Phi) is 8.27. The summed E-state index contributed by atoms with van der Waals surface area (Å²) in [5, 5.41) is 11.4. The lowest BCUT2D eigenvalue weighted by Crippen LogP contribution is -2.57. The van der Waals surface area contributed by atoms with Crippen molar-refractivity contribution in [2.24, 2.45) is 47.3 Å². The van der Waals surface area contributed by atoms with Gasteiger partial charge >= 0.3 is 0 Å². The summed E-state index contributed by atoms with van der Waals surface area (Å²) in [6.45, 7) is 21.4. The van der Waals surface area contributed by atoms with Crippen LogP contribution in [0.15, 0.2) is 22.4 Å². The summed E-state index contributed by atoms with van der Waals surface area (Å²) in [4.78, 5) is 0. The summed E-state index contributed by atoms with van der Waals surface area (Å²) in [5.41, 5.74) is 4.81. The summed E-state index contributed by atoms with van der Waals surface area (Å²) in [5.74, 6) is 7.99. The molecule has 10 fully saturated rings. The first-order chi connectivity index (χ1) is 22.3. The first-order valence-electron chi connectivity index (χ1n) is 20.7. The zero-order valence-electron chi connectivity index (χ0n) is 31.2. The van der Waals surface area contributed by atoms with Crippen LogP contribution in [0.4, 0.5) is 0 Å². The average Bonchev–Trinajstić information content (AvgIpc) is 3.75. The van der Waals surface area contributed by atoms with Gasteiger partial charge in [0.1, 0.15) is 0 Å². The van der Waals surface area contributed by atoms with E-state index in [-0.39, 0.29) is 13.1 Å². The van der Waals surface area contributed by atoms with Gasteiger partial charge in [0, 0.05) is 5.16 Å². The first-order valence-corrected chi connectivity index (χ1v) is 29.9. The molecule has 11 rings (SSSR count). The third-order valence-electron chi connectivity index (χ3n) is 16.5. The highest BCUT2D eigenvalue weighted by atomic mass is 31.1. The number of allylic oxidation sites excluding steroid dienone is 4. The Morgan fingerprint density at radius 1 is 0.702 bits per heavy atom. The molecule has 0 aromatic carbocycles. The van der Waals surface area contributed by atoms with Crippen LogP contribution in [0.25, 0.3) is 0 Å². The van der Waals surface area contributed by atoms with Crippen LogP contribution in [0.5, 0.6) is 0 Å². The minimum atomic E-state index is -1.52. The Hall–Kier alpha value is 0.694. The van der Waals surface area contributed by atoms with Gasteiger partial charge in [-0.05, 0) is 191 Å². The molecule has 47 heavy (non-hydrogen) atoms. The Bertz CT molecular complexity index is 1180. The molecule has 6 heteroatoms. The Balaban J connectivity index is 1.23. The summed E-state index contributed by atoms with van der Waals surface area (Å²) in [6, 6.07) is 0. The van der Waals surface area contributed by atoms with Crippen LogP contribution in [-0.4, -0.2) is 64.0 Å². The van der Waals surface area contributed by atoms with Crippen molar-refractivity contribution in [3.05, 3.63) is 22.4 Å². The van der Waals surface area contributed by atoms with Crippen LogP contribution in [0.3, 0.4) is 0 Å². The molecule has 2 nitrogen and oxygen atoms in total. The van der Waals surface area contributed by atoms with Crippen molar-refractivity contribution in [1.82, 2.24) is 10.6 Å². The van der Waals surface area contributed by atoms with E-state index in [0.29, 0.717) is 10.3 Å². The quantitative estimate of drug-likeness (QED) is 0.184. The minimum absolute atomic E-state index is 0.0408. The van der Waals surface area contributed by atoms with Gasteiger partial charge in [-0.25, -0.2) is 0 Å². The molecule has 0 aromatic rings. The van der Waals surface area contributed by atoms with E-state index in [2.05, 4.69) is 70.8 Å². The molecule has 8 saturated carbocycles. The molecule has 9 aliphatic carbocycles. The molecule has 2 N–H and O–H groups in total. The molecule has 0 amide bonds. The lowest BCUT2D eigenvalue weighted by molar-refractivity contribution is 0.0187. The lowest BCUT2D eigenvalue weighted by atomic mass is 9.55. The molecule has 2 heterocycles. The van der Waals surface area contributed by atoms with Gasteiger partial charge in [0.15, 0.2) is 0 Å². The average molecular weight is 709 g/mol. The van der Waals surface area contributed by atoms with Gasteiger partial charge in [-0.2, -0.15) is 0 Å². The third kappa shape index (κ3) is 5.46. The van der Waals surface area contributed by atoms with Gasteiger partial charge < -0.3 is 10.6 Å². The fourth-order valence-corrected chi connectivity index (χ4v) is 28.4. The zero-order chi connectivity index (χ0) is 32.6. The van der Waals surface area contributed by atoms with Crippen LogP contribution in [0, 0.1) is 47.3 Å². The van der Waals surface area contributed by atoms with Crippen molar-refractivity contribution in [2.45, 2.75) is 150 Å². The number of nitrogens with one attached hydrogen (secondary N) is 2. The minimum Gasteiger partial charge on any atom is -0.316 e. The van der Waals surface area contributed by atoms with Crippen LogP contribution in [0.2, 0.25) is 44.8 Å². The van der Waals surface area contributed by atoms with E-state index in [4.69, 9.17) is 0 Å². The zero-order valence-corrected chi connectivity index (χ0v) is 35.3. The SMILES string of the molecule is C[Si](C)(C)C1=CC(C(P)(C2CCNC2)C2CCNC2)=C(CP(C23CC4CC(CC(C4)C2)C3)C23CC4CC(CC(C4)C2)C3)C1[Si](C)(C)C. The number of rotatable bonds is 9. The molecule has 0 radical (unpaired) electrons. The predicted octanol–water partition coefficient (Wildman–Crippen LogP) is 10.1. The highest BCUT2D eigenvalue weighted by Crippen LogP contribution is 2.80. The molecule has 4 atom stereocenters. The predicted molar refractivity (Wildman–Crippen MR) is 214 cm³/mol. The van der Waals surface area contributed by atoms with E-state index in [1.54, 1.807) is 83.2 Å². The highest BCUT2D eigenvalue weighted by molar-refractivity contribution is 7.61. The second-order valence-electron chi connectivity index (χ2n) is 21.8. The van der Waals surface area contributed by atoms with Crippen LogP contribution < -0.4 is 10.6 Å². The van der Waals surface area contributed by atoms with Gasteiger partial charge in [-0.15, -0.1) is 9.24 Å². The Morgan fingerprint density at radius 3 is 1.43 bits per heavy atom. The number of hydrogen-bond donors (Lipinski definition) is 2. The molecule has 0 aromatic heterocycles. The second kappa shape index (κ2) is 11.6. The van der Waals surface area contributed by atoms with E-state index in [9.17, 15) is 0 Å². The van der Waals surface area contributed by atoms with Gasteiger partial charge in [-0.1, -0.05) is 64.0 Å². The van der Waals surface area contributed by atoms with Crippen molar-refractivity contribution in [2.75, 3.05) is 32.3 Å². The Morgan fingerprint density at radius 2 is 1.11 bits per heavy atom. The highest BCUT2D eigenvalue weighted by Gasteiger charge is 2.63. The molecule has 11 aliphatic rings. The van der Waals surface area contributed by atoms with Crippen molar-refractivity contribution in [1.29, 1.82) is 0 Å². The monoisotopic (exact) mass is 708 g/mol. The fourth-order valence-electron chi connectivity index (χ4n) is 15.6. The summed E-state index contributed by atoms with van der Waals surface area (Å²) < 4.78 is 0. The molecule has 262 valence electrons. The van der Waals surface area contributed by atoms with Gasteiger partial charge in [0.05, 0.1) is 16.1 Å². The molecular weight excluding hydrogens is 639 g/mol. The van der Waals surface area contributed by atoms with Crippen molar-refractivity contribution in [3.63, 3.8) is 0 Å². The lowest BCUT2D eigenvalue weighted by Gasteiger charge is -2.68. The normalized spacial score (nSPS) is 47.6. The third-order valence-corrected chi connectivity index (χ3v) is 26.6. The van der Waals surface area contributed by atoms with Crippen molar-refractivity contribution >= 4 is 33.3 Å². The maximum Gasteiger partial charge on any atom is 0.0728 e. The fraction of sp³-hybridized carbons (Fsp3) is 0.902. The van der Waals surface area contributed by atoms with Crippen molar-refractivity contribution in [3.8, 4) is 0 Å². The molecule has 8 bridgehead atoms. The largest absolute Gasteiger partial charge is 0.316 e. The molecular formula is C41H70N2P2Si2. The number of hydrogen-bond acceptors (Lipinski definition) is 2. The maximum absolute atomic E-state index is 3.89. The van der Waals surface area contributed by atoms with Gasteiger partial charge in [-0.3, -0.25) is 0 Å². The van der Waals surface area contributed by atoms with E-state index in [1.165, 1.54) is 39.0 Å². The van der Waals surface area contributed by atoms with Crippen LogP contribution >= 0.6 is 17.2 Å². The standard InChI is InChI=1S/C41H70N2P2Si2/c1-46(2,3)37-17-36(41(44,33-7-9-42-24-33)34-8-10-43-25-34)35(38(37)47(4,5)6)26-45(39-18-27-11-28(19-39)13-29(12-27)20-39)40-21-30-14-31(22-40)16-32(15-30)23-40/h17,27-34,38,42-43H,7-16,18-26,44H2,1-6H3. The van der Waals surface area contributed by atoms with E-state index in [0.717, 1.165) is 52.9 Å². The van der Waals surface area contributed by atoms with Gasteiger partial charge in [0.25, 0.3) is 0 Å². The second-order valence-corrected chi connectivity index (χ2v) is 36.2. The molecule has 0 spiro atoms. The summed E-state index contributed by atoms with van der Waals surface area (Å²) in [7, 11) is 0.663.